The largest absolute Gasteiger partial charge is 0.465 e. The average Bonchev–Trinajstić information content (AvgIpc) is 2.76. The number of fused-ring (bicyclic) bond motifs is 1. The maximum atomic E-state index is 11.7. The number of carbonyl (C=O) groups excluding carboxylic acids is 1. The minimum Gasteiger partial charge on any atom is -0.465 e. The van der Waals surface area contributed by atoms with Crippen molar-refractivity contribution in [3.05, 3.63) is 76.4 Å². The van der Waals surface area contributed by atoms with Crippen LogP contribution in [0.1, 0.15) is 45.5 Å². The Bertz CT molecular complexity index is 724. The Morgan fingerprint density at radius 2 is 1.86 bits per heavy atom. The molecule has 0 aliphatic heterocycles. The molecule has 0 saturated heterocycles. The molecule has 2 aromatic carbocycles. The predicted octanol–water partition coefficient (Wildman–Crippen LogP) is 4.55. The molecule has 3 rings (SSSR count). The van der Waals surface area contributed by atoms with Crippen LogP contribution in [0.2, 0.25) is 0 Å². The lowest BCUT2D eigenvalue weighted by atomic mass is 9.92. The molecule has 2 aromatic rings. The van der Waals surface area contributed by atoms with E-state index in [1.165, 1.54) is 34.9 Å². The Balaban J connectivity index is 2.06. The van der Waals surface area contributed by atoms with Gasteiger partial charge in [-0.15, -0.1) is 0 Å². The van der Waals surface area contributed by atoms with E-state index in [1.807, 2.05) is 12.1 Å². The third kappa shape index (κ3) is 2.82. The van der Waals surface area contributed by atoms with Crippen LogP contribution in [0, 0.1) is 6.92 Å². The van der Waals surface area contributed by atoms with E-state index in [1.54, 1.807) is 0 Å². The first-order valence-electron chi connectivity index (χ1n) is 7.68. The average molecular weight is 292 g/mol. The van der Waals surface area contributed by atoms with Gasteiger partial charge in [0.2, 0.25) is 0 Å². The number of hydrogen-bond acceptors (Lipinski definition) is 2. The Morgan fingerprint density at radius 3 is 2.59 bits per heavy atom. The second-order valence-corrected chi connectivity index (χ2v) is 5.74. The van der Waals surface area contributed by atoms with Crippen molar-refractivity contribution in [3.63, 3.8) is 0 Å². The first kappa shape index (κ1) is 14.6. The topological polar surface area (TPSA) is 26.3 Å². The SMILES string of the molecule is COC(=O)c1ccc2c(c1)CCCC=C2c1ccc(C)cc1. The van der Waals surface area contributed by atoms with Crippen LogP contribution in [-0.4, -0.2) is 13.1 Å². The van der Waals surface area contributed by atoms with E-state index in [4.69, 9.17) is 4.74 Å². The second-order valence-electron chi connectivity index (χ2n) is 5.74. The van der Waals surface area contributed by atoms with Gasteiger partial charge in [-0.05, 0) is 60.6 Å². The minimum absolute atomic E-state index is 0.270. The van der Waals surface area contributed by atoms with E-state index in [0.717, 1.165) is 19.3 Å². The van der Waals surface area contributed by atoms with Crippen LogP contribution in [0.15, 0.2) is 48.5 Å². The van der Waals surface area contributed by atoms with E-state index < -0.39 is 0 Å². The lowest BCUT2D eigenvalue weighted by Crippen LogP contribution is -2.03. The lowest BCUT2D eigenvalue weighted by molar-refractivity contribution is 0.0600. The number of hydrogen-bond donors (Lipinski definition) is 0. The molecule has 2 nitrogen and oxygen atoms in total. The fraction of sp³-hybridized carbons (Fsp3) is 0.250. The molecule has 0 spiro atoms. The number of rotatable bonds is 2. The molecule has 0 aromatic heterocycles. The summed E-state index contributed by atoms with van der Waals surface area (Å²) >= 11 is 0. The van der Waals surface area contributed by atoms with E-state index in [0.29, 0.717) is 5.56 Å². The lowest BCUT2D eigenvalue weighted by Gasteiger charge is -2.13. The van der Waals surface area contributed by atoms with Gasteiger partial charge in [-0.1, -0.05) is 42.0 Å². The molecule has 0 saturated carbocycles. The van der Waals surface area contributed by atoms with Crippen molar-refractivity contribution in [2.45, 2.75) is 26.2 Å². The molecule has 0 N–H and O–H groups in total. The summed E-state index contributed by atoms with van der Waals surface area (Å²) < 4.78 is 4.83. The van der Waals surface area contributed by atoms with Gasteiger partial charge >= 0.3 is 5.97 Å². The maximum absolute atomic E-state index is 11.7. The highest BCUT2D eigenvalue weighted by molar-refractivity contribution is 5.91. The van der Waals surface area contributed by atoms with Crippen molar-refractivity contribution in [1.82, 2.24) is 0 Å². The van der Waals surface area contributed by atoms with Gasteiger partial charge in [0.15, 0.2) is 0 Å². The summed E-state index contributed by atoms with van der Waals surface area (Å²) in [5.74, 6) is -0.270. The first-order chi connectivity index (χ1) is 10.7. The van der Waals surface area contributed by atoms with Gasteiger partial charge in [-0.25, -0.2) is 4.79 Å². The van der Waals surface area contributed by atoms with Gasteiger partial charge in [0.1, 0.15) is 0 Å². The molecule has 0 radical (unpaired) electrons. The minimum atomic E-state index is -0.270. The third-order valence-electron chi connectivity index (χ3n) is 4.18. The van der Waals surface area contributed by atoms with Gasteiger partial charge in [-0.3, -0.25) is 0 Å². The Labute approximate surface area is 131 Å². The monoisotopic (exact) mass is 292 g/mol. The molecule has 112 valence electrons. The number of esters is 1. The van der Waals surface area contributed by atoms with Gasteiger partial charge in [0.05, 0.1) is 12.7 Å². The molecule has 0 unspecified atom stereocenters. The van der Waals surface area contributed by atoms with Crippen molar-refractivity contribution >= 4 is 11.5 Å². The summed E-state index contributed by atoms with van der Waals surface area (Å²) in [5.41, 5.74) is 6.86. The number of ether oxygens (including phenoxy) is 1. The van der Waals surface area contributed by atoms with E-state index in [2.05, 4.69) is 43.3 Å². The van der Waals surface area contributed by atoms with Gasteiger partial charge in [0, 0.05) is 0 Å². The summed E-state index contributed by atoms with van der Waals surface area (Å²) in [6.45, 7) is 2.10. The number of allylic oxidation sites excluding steroid dienone is 1. The molecule has 0 fully saturated rings. The van der Waals surface area contributed by atoms with Crippen LogP contribution in [0.3, 0.4) is 0 Å². The third-order valence-corrected chi connectivity index (χ3v) is 4.18. The molecule has 1 aliphatic carbocycles. The molecule has 1 aliphatic rings. The summed E-state index contributed by atoms with van der Waals surface area (Å²) in [4.78, 5) is 11.7. The van der Waals surface area contributed by atoms with E-state index in [9.17, 15) is 4.79 Å². The Hall–Kier alpha value is -2.35. The number of carbonyl (C=O) groups is 1. The van der Waals surface area contributed by atoms with Crippen LogP contribution in [0.25, 0.3) is 5.57 Å². The van der Waals surface area contributed by atoms with Crippen molar-refractivity contribution in [2.24, 2.45) is 0 Å². The highest BCUT2D eigenvalue weighted by Gasteiger charge is 2.15. The van der Waals surface area contributed by atoms with Crippen LogP contribution in [0.4, 0.5) is 0 Å². The number of aryl methyl sites for hydroxylation is 2. The second kappa shape index (κ2) is 6.18. The van der Waals surface area contributed by atoms with Crippen LogP contribution >= 0.6 is 0 Å². The smallest absolute Gasteiger partial charge is 0.337 e. The maximum Gasteiger partial charge on any atom is 0.337 e. The fourth-order valence-corrected chi connectivity index (χ4v) is 2.96. The fourth-order valence-electron chi connectivity index (χ4n) is 2.96. The molecular formula is C20H20O2. The molecule has 0 atom stereocenters. The standard InChI is InChI=1S/C20H20O2/c1-14-7-9-15(10-8-14)18-6-4-3-5-16-13-17(20(21)22-2)11-12-19(16)18/h6-13H,3-5H2,1-2H3. The van der Waals surface area contributed by atoms with Crippen molar-refractivity contribution in [1.29, 1.82) is 0 Å². The predicted molar refractivity (Wildman–Crippen MR) is 89.0 cm³/mol. The summed E-state index contributed by atoms with van der Waals surface area (Å²) in [6, 6.07) is 14.5. The van der Waals surface area contributed by atoms with Crippen molar-refractivity contribution in [3.8, 4) is 0 Å². The molecule has 0 amide bonds. The molecule has 0 bridgehead atoms. The summed E-state index contributed by atoms with van der Waals surface area (Å²) in [5, 5.41) is 0. The highest BCUT2D eigenvalue weighted by atomic mass is 16.5. The van der Waals surface area contributed by atoms with Crippen LogP contribution < -0.4 is 0 Å². The highest BCUT2D eigenvalue weighted by Crippen LogP contribution is 2.31. The van der Waals surface area contributed by atoms with Crippen molar-refractivity contribution in [2.75, 3.05) is 7.11 Å². The number of methoxy groups -OCH3 is 1. The zero-order chi connectivity index (χ0) is 15.5. The van der Waals surface area contributed by atoms with Crippen LogP contribution in [-0.2, 0) is 11.2 Å². The molecule has 2 heteroatoms. The molecular weight excluding hydrogens is 272 g/mol. The summed E-state index contributed by atoms with van der Waals surface area (Å²) in [7, 11) is 1.42. The zero-order valence-corrected chi connectivity index (χ0v) is 13.1. The van der Waals surface area contributed by atoms with Crippen LogP contribution in [0.5, 0.6) is 0 Å². The zero-order valence-electron chi connectivity index (χ0n) is 13.1. The Kier molecular flexibility index (Phi) is 4.10. The van der Waals surface area contributed by atoms with Gasteiger partial charge < -0.3 is 4.74 Å². The quantitative estimate of drug-likeness (QED) is 0.759. The van der Waals surface area contributed by atoms with Gasteiger partial charge in [0.25, 0.3) is 0 Å². The summed E-state index contributed by atoms with van der Waals surface area (Å²) in [6.07, 6.45) is 5.47. The van der Waals surface area contributed by atoms with E-state index >= 15 is 0 Å². The normalized spacial score (nSPS) is 13.8. The first-order valence-corrected chi connectivity index (χ1v) is 7.68. The van der Waals surface area contributed by atoms with Crippen molar-refractivity contribution < 1.29 is 9.53 Å². The molecule has 22 heavy (non-hydrogen) atoms. The number of benzene rings is 2. The van der Waals surface area contributed by atoms with E-state index in [-0.39, 0.29) is 5.97 Å². The molecule has 0 heterocycles. The van der Waals surface area contributed by atoms with Gasteiger partial charge in [-0.2, -0.15) is 0 Å². The Morgan fingerprint density at radius 1 is 1.09 bits per heavy atom.